The summed E-state index contributed by atoms with van der Waals surface area (Å²) in [6.45, 7) is 8.22. The number of nitrogens with zero attached hydrogens (tertiary/aromatic N) is 1. The SMILES string of the molecule is CCOc1ccc(NC(=O)[C@@H](N)C(C)(C)C)cn1. The van der Waals surface area contributed by atoms with Crippen molar-refractivity contribution in [3.8, 4) is 5.88 Å². The number of amides is 1. The molecule has 100 valence electrons. The van der Waals surface area contributed by atoms with E-state index in [1.165, 1.54) is 0 Å². The second kappa shape index (κ2) is 5.82. The van der Waals surface area contributed by atoms with Gasteiger partial charge in [0.15, 0.2) is 0 Å². The highest BCUT2D eigenvalue weighted by atomic mass is 16.5. The van der Waals surface area contributed by atoms with Gasteiger partial charge in [-0.1, -0.05) is 20.8 Å². The molecule has 0 bridgehead atoms. The molecule has 0 aliphatic heterocycles. The summed E-state index contributed by atoms with van der Waals surface area (Å²) in [4.78, 5) is 15.9. The maximum Gasteiger partial charge on any atom is 0.241 e. The van der Waals surface area contributed by atoms with Gasteiger partial charge in [-0.25, -0.2) is 4.98 Å². The van der Waals surface area contributed by atoms with Crippen LogP contribution >= 0.6 is 0 Å². The van der Waals surface area contributed by atoms with E-state index in [4.69, 9.17) is 10.5 Å². The highest BCUT2D eigenvalue weighted by Crippen LogP contribution is 2.19. The molecule has 1 aromatic rings. The second-order valence-corrected chi connectivity index (χ2v) is 5.15. The quantitative estimate of drug-likeness (QED) is 0.855. The molecule has 1 amide bonds. The van der Waals surface area contributed by atoms with Crippen LogP contribution in [0.15, 0.2) is 18.3 Å². The number of hydrogen-bond donors (Lipinski definition) is 2. The highest BCUT2D eigenvalue weighted by Gasteiger charge is 2.27. The molecule has 0 aromatic carbocycles. The Labute approximate surface area is 108 Å². The van der Waals surface area contributed by atoms with Gasteiger partial charge >= 0.3 is 0 Å². The Hall–Kier alpha value is -1.62. The molecular formula is C13H21N3O2. The summed E-state index contributed by atoms with van der Waals surface area (Å²) in [5, 5.41) is 2.74. The average Bonchev–Trinajstić information content (AvgIpc) is 2.30. The van der Waals surface area contributed by atoms with Crippen LogP contribution < -0.4 is 15.8 Å². The minimum absolute atomic E-state index is 0.214. The first kappa shape index (κ1) is 14.4. The molecule has 18 heavy (non-hydrogen) atoms. The van der Waals surface area contributed by atoms with E-state index >= 15 is 0 Å². The fourth-order valence-electron chi connectivity index (χ4n) is 1.30. The van der Waals surface area contributed by atoms with Crippen LogP contribution in [-0.2, 0) is 4.79 Å². The molecule has 0 saturated carbocycles. The van der Waals surface area contributed by atoms with Crippen molar-refractivity contribution in [2.75, 3.05) is 11.9 Å². The lowest BCUT2D eigenvalue weighted by Crippen LogP contribution is -2.45. The lowest BCUT2D eigenvalue weighted by atomic mass is 9.87. The lowest BCUT2D eigenvalue weighted by Gasteiger charge is -2.25. The van der Waals surface area contributed by atoms with E-state index in [1.807, 2.05) is 27.7 Å². The minimum atomic E-state index is -0.566. The number of rotatable bonds is 4. The number of hydrogen-bond acceptors (Lipinski definition) is 4. The van der Waals surface area contributed by atoms with Gasteiger partial charge in [-0.05, 0) is 18.4 Å². The molecule has 0 aliphatic rings. The van der Waals surface area contributed by atoms with Crippen LogP contribution in [0.25, 0.3) is 0 Å². The Kier molecular flexibility index (Phi) is 4.67. The van der Waals surface area contributed by atoms with Crippen LogP contribution in [0.5, 0.6) is 5.88 Å². The van der Waals surface area contributed by atoms with Gasteiger partial charge in [0.05, 0.1) is 24.5 Å². The fourth-order valence-corrected chi connectivity index (χ4v) is 1.30. The van der Waals surface area contributed by atoms with E-state index in [0.717, 1.165) is 0 Å². The van der Waals surface area contributed by atoms with Crippen LogP contribution in [0.3, 0.4) is 0 Å². The Morgan fingerprint density at radius 3 is 2.61 bits per heavy atom. The van der Waals surface area contributed by atoms with Crippen molar-refractivity contribution in [3.05, 3.63) is 18.3 Å². The first-order chi connectivity index (χ1) is 8.34. The van der Waals surface area contributed by atoms with Gasteiger partial charge in [0.1, 0.15) is 0 Å². The zero-order valence-electron chi connectivity index (χ0n) is 11.4. The molecule has 0 aliphatic carbocycles. The minimum Gasteiger partial charge on any atom is -0.478 e. The van der Waals surface area contributed by atoms with Gasteiger partial charge in [-0.3, -0.25) is 4.79 Å². The number of nitrogens with two attached hydrogens (primary N) is 1. The summed E-state index contributed by atoms with van der Waals surface area (Å²) in [5.74, 6) is 0.323. The van der Waals surface area contributed by atoms with Gasteiger partial charge in [0.2, 0.25) is 11.8 Å². The van der Waals surface area contributed by atoms with E-state index in [1.54, 1.807) is 18.3 Å². The Morgan fingerprint density at radius 2 is 2.17 bits per heavy atom. The molecule has 0 unspecified atom stereocenters. The molecule has 1 heterocycles. The van der Waals surface area contributed by atoms with Crippen LogP contribution in [-0.4, -0.2) is 23.5 Å². The maximum absolute atomic E-state index is 11.9. The molecule has 0 fully saturated rings. The first-order valence-corrected chi connectivity index (χ1v) is 6.00. The van der Waals surface area contributed by atoms with Crippen LogP contribution in [0, 0.1) is 5.41 Å². The molecule has 0 radical (unpaired) electrons. The Balaban J connectivity index is 2.65. The molecule has 0 spiro atoms. The molecular weight excluding hydrogens is 230 g/mol. The summed E-state index contributed by atoms with van der Waals surface area (Å²) >= 11 is 0. The third-order valence-electron chi connectivity index (χ3n) is 2.51. The maximum atomic E-state index is 11.9. The largest absolute Gasteiger partial charge is 0.478 e. The smallest absolute Gasteiger partial charge is 0.241 e. The van der Waals surface area contributed by atoms with Crippen LogP contribution in [0.2, 0.25) is 0 Å². The molecule has 0 saturated heterocycles. The van der Waals surface area contributed by atoms with Crippen molar-refractivity contribution in [2.45, 2.75) is 33.7 Å². The van der Waals surface area contributed by atoms with E-state index in [0.29, 0.717) is 18.2 Å². The predicted molar refractivity (Wildman–Crippen MR) is 71.5 cm³/mol. The second-order valence-electron chi connectivity index (χ2n) is 5.15. The van der Waals surface area contributed by atoms with Crippen molar-refractivity contribution >= 4 is 11.6 Å². The number of ether oxygens (including phenoxy) is 1. The van der Waals surface area contributed by atoms with Gasteiger partial charge in [0, 0.05) is 6.07 Å². The number of nitrogens with one attached hydrogen (secondary N) is 1. The zero-order chi connectivity index (χ0) is 13.8. The lowest BCUT2D eigenvalue weighted by molar-refractivity contribution is -0.119. The first-order valence-electron chi connectivity index (χ1n) is 6.00. The third-order valence-corrected chi connectivity index (χ3v) is 2.51. The Bertz CT molecular complexity index is 396. The number of aromatic nitrogens is 1. The summed E-state index contributed by atoms with van der Waals surface area (Å²) in [6, 6.07) is 2.89. The van der Waals surface area contributed by atoms with Gasteiger partial charge in [0.25, 0.3) is 0 Å². The van der Waals surface area contributed by atoms with Crippen molar-refractivity contribution in [3.63, 3.8) is 0 Å². The van der Waals surface area contributed by atoms with Crippen LogP contribution in [0.1, 0.15) is 27.7 Å². The summed E-state index contributed by atoms with van der Waals surface area (Å²) in [6.07, 6.45) is 1.55. The van der Waals surface area contributed by atoms with Crippen molar-refractivity contribution in [1.82, 2.24) is 4.98 Å². The number of anilines is 1. The monoisotopic (exact) mass is 251 g/mol. The van der Waals surface area contributed by atoms with Crippen molar-refractivity contribution < 1.29 is 9.53 Å². The highest BCUT2D eigenvalue weighted by molar-refractivity contribution is 5.95. The fraction of sp³-hybridized carbons (Fsp3) is 0.538. The van der Waals surface area contributed by atoms with E-state index < -0.39 is 6.04 Å². The number of carbonyl (C=O) groups excluding carboxylic acids is 1. The predicted octanol–water partition coefficient (Wildman–Crippen LogP) is 1.79. The normalized spacial score (nSPS) is 12.9. The average molecular weight is 251 g/mol. The molecule has 1 aromatic heterocycles. The zero-order valence-corrected chi connectivity index (χ0v) is 11.4. The summed E-state index contributed by atoms with van der Waals surface area (Å²) in [7, 11) is 0. The van der Waals surface area contributed by atoms with E-state index in [2.05, 4.69) is 10.3 Å². The summed E-state index contributed by atoms with van der Waals surface area (Å²) < 4.78 is 5.22. The van der Waals surface area contributed by atoms with Crippen LogP contribution in [0.4, 0.5) is 5.69 Å². The standard InChI is InChI=1S/C13H21N3O2/c1-5-18-10-7-6-9(8-15-10)16-12(17)11(14)13(2,3)4/h6-8,11H,5,14H2,1-4H3,(H,16,17)/t11-/m1/s1. The van der Waals surface area contributed by atoms with Gasteiger partial charge in [-0.15, -0.1) is 0 Å². The third kappa shape index (κ3) is 4.00. The summed E-state index contributed by atoms with van der Waals surface area (Å²) in [5.41, 5.74) is 6.20. The molecule has 1 rings (SSSR count). The molecule has 5 nitrogen and oxygen atoms in total. The number of pyridine rings is 1. The Morgan fingerprint density at radius 1 is 1.50 bits per heavy atom. The molecule has 5 heteroatoms. The topological polar surface area (TPSA) is 77.2 Å². The molecule has 1 atom stereocenters. The van der Waals surface area contributed by atoms with Gasteiger partial charge < -0.3 is 15.8 Å². The molecule has 3 N–H and O–H groups in total. The van der Waals surface area contributed by atoms with E-state index in [-0.39, 0.29) is 11.3 Å². The van der Waals surface area contributed by atoms with E-state index in [9.17, 15) is 4.79 Å². The van der Waals surface area contributed by atoms with Crippen molar-refractivity contribution in [2.24, 2.45) is 11.1 Å². The van der Waals surface area contributed by atoms with Crippen molar-refractivity contribution in [1.29, 1.82) is 0 Å². The number of carbonyl (C=O) groups is 1. The van der Waals surface area contributed by atoms with Gasteiger partial charge in [-0.2, -0.15) is 0 Å².